The van der Waals surface area contributed by atoms with Crippen LogP contribution in [0.15, 0.2) is 83.3 Å². The van der Waals surface area contributed by atoms with Crippen LogP contribution in [0.3, 0.4) is 0 Å². The molecule has 0 atom stereocenters. The molecule has 0 aliphatic rings. The number of sulfonamides is 1. The van der Waals surface area contributed by atoms with E-state index in [-0.39, 0.29) is 11.4 Å². The molecule has 3 heterocycles. The van der Waals surface area contributed by atoms with E-state index < -0.39 is 10.0 Å². The first kappa shape index (κ1) is 18.5. The lowest BCUT2D eigenvalue weighted by Gasteiger charge is -2.05. The zero-order valence-electron chi connectivity index (χ0n) is 14.9. The van der Waals surface area contributed by atoms with Crippen LogP contribution in [0.5, 0.6) is 0 Å². The molecule has 8 heteroatoms. The summed E-state index contributed by atoms with van der Waals surface area (Å²) in [6.45, 7) is 0.617. The van der Waals surface area contributed by atoms with Crippen LogP contribution in [-0.2, 0) is 23.1 Å². The molecule has 0 radical (unpaired) electrons. The lowest BCUT2D eigenvalue weighted by molar-refractivity contribution is 0.580. The molecular weight excluding hydrogens is 392 g/mol. The van der Waals surface area contributed by atoms with Gasteiger partial charge in [0.05, 0.1) is 23.7 Å². The first-order valence-corrected chi connectivity index (χ1v) is 11.0. The number of benzene rings is 1. The molecule has 0 saturated heterocycles. The number of nitrogens with one attached hydrogen (secondary N) is 1. The summed E-state index contributed by atoms with van der Waals surface area (Å²) in [5.74, 6) is 0. The van der Waals surface area contributed by atoms with E-state index in [1.54, 1.807) is 29.2 Å². The highest BCUT2D eigenvalue weighted by molar-refractivity contribution is 7.89. The van der Waals surface area contributed by atoms with Crippen LogP contribution in [0.4, 0.5) is 0 Å². The predicted molar refractivity (Wildman–Crippen MR) is 109 cm³/mol. The van der Waals surface area contributed by atoms with Crippen molar-refractivity contribution in [2.75, 3.05) is 0 Å². The molecule has 3 aromatic heterocycles. The zero-order chi connectivity index (χ0) is 19.4. The number of nitrogens with zero attached hydrogens (tertiary/aromatic N) is 3. The summed E-state index contributed by atoms with van der Waals surface area (Å²) in [5, 5.41) is 6.47. The first-order valence-electron chi connectivity index (χ1n) is 8.67. The highest BCUT2D eigenvalue weighted by Crippen LogP contribution is 2.29. The molecular formula is C20H18N4O2S2. The topological polar surface area (TPSA) is 76.9 Å². The van der Waals surface area contributed by atoms with Gasteiger partial charge >= 0.3 is 0 Å². The Bertz CT molecular complexity index is 1140. The molecule has 0 bridgehead atoms. The molecule has 6 nitrogen and oxygen atoms in total. The number of thiophene rings is 1. The van der Waals surface area contributed by atoms with Crippen molar-refractivity contribution in [3.05, 3.63) is 89.7 Å². The highest BCUT2D eigenvalue weighted by Gasteiger charge is 2.24. The predicted octanol–water partition coefficient (Wildman–Crippen LogP) is 3.53. The Morgan fingerprint density at radius 1 is 1.00 bits per heavy atom. The van der Waals surface area contributed by atoms with E-state index in [9.17, 15) is 8.42 Å². The van der Waals surface area contributed by atoms with E-state index in [4.69, 9.17) is 0 Å². The van der Waals surface area contributed by atoms with Crippen LogP contribution in [0.25, 0.3) is 10.6 Å². The largest absolute Gasteiger partial charge is 0.266 e. The molecule has 0 aliphatic heterocycles. The van der Waals surface area contributed by atoms with E-state index in [1.807, 2.05) is 53.9 Å². The van der Waals surface area contributed by atoms with Crippen LogP contribution in [0, 0.1) is 0 Å². The zero-order valence-corrected chi connectivity index (χ0v) is 16.5. The van der Waals surface area contributed by atoms with Crippen LogP contribution in [0.2, 0.25) is 0 Å². The van der Waals surface area contributed by atoms with Gasteiger partial charge in [-0.2, -0.15) is 5.10 Å². The Morgan fingerprint density at radius 3 is 2.54 bits per heavy atom. The fraction of sp³-hybridized carbons (Fsp3) is 0.100. The van der Waals surface area contributed by atoms with Gasteiger partial charge in [-0.25, -0.2) is 13.1 Å². The van der Waals surface area contributed by atoms with E-state index in [2.05, 4.69) is 14.8 Å². The molecule has 0 aliphatic carbocycles. The lowest BCUT2D eigenvalue weighted by Crippen LogP contribution is -2.23. The van der Waals surface area contributed by atoms with Gasteiger partial charge in [-0.3, -0.25) is 9.67 Å². The number of hydrogen-bond acceptors (Lipinski definition) is 5. The number of pyridine rings is 1. The van der Waals surface area contributed by atoms with Crippen LogP contribution >= 0.6 is 11.3 Å². The number of rotatable bonds is 7. The minimum Gasteiger partial charge on any atom is -0.266 e. The van der Waals surface area contributed by atoms with Gasteiger partial charge in [0.2, 0.25) is 10.0 Å². The summed E-state index contributed by atoms with van der Waals surface area (Å²) in [7, 11) is -3.75. The fourth-order valence-corrected chi connectivity index (χ4v) is 4.73. The van der Waals surface area contributed by atoms with Crippen LogP contribution in [-0.4, -0.2) is 23.2 Å². The van der Waals surface area contributed by atoms with Crippen molar-refractivity contribution < 1.29 is 8.42 Å². The Labute approximate surface area is 167 Å². The van der Waals surface area contributed by atoms with Crippen molar-refractivity contribution in [3.8, 4) is 10.6 Å². The minimum atomic E-state index is -3.75. The average Bonchev–Trinajstić information content (AvgIpc) is 3.38. The van der Waals surface area contributed by atoms with Crippen molar-refractivity contribution in [3.63, 3.8) is 0 Å². The third-order valence-electron chi connectivity index (χ3n) is 4.13. The summed E-state index contributed by atoms with van der Waals surface area (Å²) in [6, 6.07) is 19.0. The van der Waals surface area contributed by atoms with E-state index in [0.29, 0.717) is 17.9 Å². The summed E-state index contributed by atoms with van der Waals surface area (Å²) >= 11 is 1.46. The monoisotopic (exact) mass is 410 g/mol. The maximum Gasteiger partial charge on any atom is 0.244 e. The van der Waals surface area contributed by atoms with Gasteiger partial charge in [-0.05, 0) is 29.1 Å². The Hall–Kier alpha value is -2.81. The SMILES string of the molecule is O=S(=O)(NCc1ccccn1)c1cn(Cc2ccccc2)nc1-c1cccs1. The molecule has 4 aromatic rings. The van der Waals surface area contributed by atoms with Crippen molar-refractivity contribution in [2.45, 2.75) is 18.0 Å². The lowest BCUT2D eigenvalue weighted by atomic mass is 10.2. The summed E-state index contributed by atoms with van der Waals surface area (Å²) < 4.78 is 30.3. The molecule has 0 spiro atoms. The summed E-state index contributed by atoms with van der Waals surface area (Å²) in [4.78, 5) is 5.14. The van der Waals surface area contributed by atoms with Crippen LogP contribution < -0.4 is 4.72 Å². The first-order chi connectivity index (χ1) is 13.6. The van der Waals surface area contributed by atoms with Gasteiger partial charge in [0, 0.05) is 12.4 Å². The summed E-state index contributed by atoms with van der Waals surface area (Å²) in [6.07, 6.45) is 3.22. The van der Waals surface area contributed by atoms with E-state index in [1.165, 1.54) is 11.3 Å². The third-order valence-corrected chi connectivity index (χ3v) is 6.41. The maximum absolute atomic E-state index is 13.0. The Balaban J connectivity index is 1.66. The highest BCUT2D eigenvalue weighted by atomic mass is 32.2. The molecule has 4 rings (SSSR count). The van der Waals surface area contributed by atoms with Crippen molar-refractivity contribution in [2.24, 2.45) is 0 Å². The summed E-state index contributed by atoms with van der Waals surface area (Å²) in [5.41, 5.74) is 2.16. The second kappa shape index (κ2) is 8.05. The standard InChI is InChI=1S/C20H18N4O2S2/c25-28(26,22-13-17-9-4-5-11-21-17)19-15-24(14-16-7-2-1-3-8-16)23-20(19)18-10-6-12-27-18/h1-12,15,22H,13-14H2. The van der Waals surface area contributed by atoms with Gasteiger partial charge in [-0.1, -0.05) is 42.5 Å². The quantitative estimate of drug-likeness (QED) is 0.506. The average molecular weight is 411 g/mol. The number of aromatic nitrogens is 3. The van der Waals surface area contributed by atoms with E-state index in [0.717, 1.165) is 10.4 Å². The molecule has 28 heavy (non-hydrogen) atoms. The van der Waals surface area contributed by atoms with Gasteiger partial charge in [0.15, 0.2) is 0 Å². The van der Waals surface area contributed by atoms with Crippen molar-refractivity contribution in [1.29, 1.82) is 0 Å². The molecule has 1 N–H and O–H groups in total. The van der Waals surface area contributed by atoms with Gasteiger partial charge in [0.1, 0.15) is 10.6 Å². The maximum atomic E-state index is 13.0. The van der Waals surface area contributed by atoms with Gasteiger partial charge < -0.3 is 0 Å². The Morgan fingerprint density at radius 2 is 1.82 bits per heavy atom. The van der Waals surface area contributed by atoms with Gasteiger partial charge in [-0.15, -0.1) is 11.3 Å². The minimum absolute atomic E-state index is 0.122. The van der Waals surface area contributed by atoms with Crippen molar-refractivity contribution >= 4 is 21.4 Å². The molecule has 142 valence electrons. The second-order valence-corrected chi connectivity index (χ2v) is 8.83. The van der Waals surface area contributed by atoms with Gasteiger partial charge in [0.25, 0.3) is 0 Å². The molecule has 0 fully saturated rings. The molecule has 0 saturated carbocycles. The second-order valence-electron chi connectivity index (χ2n) is 6.15. The molecule has 1 aromatic carbocycles. The smallest absolute Gasteiger partial charge is 0.244 e. The van der Waals surface area contributed by atoms with Crippen molar-refractivity contribution in [1.82, 2.24) is 19.5 Å². The number of hydrogen-bond donors (Lipinski definition) is 1. The normalized spacial score (nSPS) is 11.6. The molecule has 0 amide bonds. The third kappa shape index (κ3) is 4.19. The van der Waals surface area contributed by atoms with E-state index >= 15 is 0 Å². The molecule has 0 unspecified atom stereocenters. The van der Waals surface area contributed by atoms with Crippen LogP contribution in [0.1, 0.15) is 11.3 Å². The fourth-order valence-electron chi connectivity index (χ4n) is 2.78. The Kier molecular flexibility index (Phi) is 5.34.